The number of halogens is 2. The molecule has 0 saturated heterocycles. The second-order valence-corrected chi connectivity index (χ2v) is 6.84. The lowest BCUT2D eigenvalue weighted by Crippen LogP contribution is -2.11. The molecule has 0 aliphatic rings. The maximum absolute atomic E-state index is 12.1. The summed E-state index contributed by atoms with van der Waals surface area (Å²) in [4.78, 5) is 12.8. The molecule has 1 heterocycles. The fourth-order valence-electron chi connectivity index (χ4n) is 1.49. The number of anilines is 1. The summed E-state index contributed by atoms with van der Waals surface area (Å²) in [6.45, 7) is 2.47. The summed E-state index contributed by atoms with van der Waals surface area (Å²) >= 11 is 8.12. The molecule has 6 heteroatoms. The van der Waals surface area contributed by atoms with Gasteiger partial charge in [0.1, 0.15) is 5.75 Å². The van der Waals surface area contributed by atoms with Gasteiger partial charge in [0.2, 0.25) is 0 Å². The van der Waals surface area contributed by atoms with Crippen molar-refractivity contribution in [3.8, 4) is 5.75 Å². The number of hydrogen-bond acceptors (Lipinski definition) is 3. The van der Waals surface area contributed by atoms with Crippen LogP contribution in [0, 0.1) is 0 Å². The molecule has 0 radical (unpaired) electrons. The van der Waals surface area contributed by atoms with Gasteiger partial charge >= 0.3 is 0 Å². The molecule has 1 aromatic heterocycles. The Kier molecular flexibility index (Phi) is 5.01. The monoisotopic (exact) mass is 403 g/mol. The van der Waals surface area contributed by atoms with Crippen molar-refractivity contribution in [2.75, 3.05) is 11.9 Å². The largest absolute Gasteiger partial charge is 0.492 e. The van der Waals surface area contributed by atoms with Crippen LogP contribution in [0.1, 0.15) is 16.6 Å². The van der Waals surface area contributed by atoms with E-state index in [1.807, 2.05) is 31.2 Å². The van der Waals surface area contributed by atoms with E-state index in [4.69, 9.17) is 4.74 Å². The Morgan fingerprint density at radius 3 is 2.74 bits per heavy atom. The van der Waals surface area contributed by atoms with E-state index in [-0.39, 0.29) is 5.91 Å². The average molecular weight is 405 g/mol. The van der Waals surface area contributed by atoms with Gasteiger partial charge in [-0.2, -0.15) is 0 Å². The standard InChI is InChI=1S/C13H11Br2NO2S/c1-2-18-10-6-4-3-5-9(10)16-13(17)11-7-8(14)12(15)19-11/h3-7H,2H2,1H3,(H,16,17). The highest BCUT2D eigenvalue weighted by atomic mass is 79.9. The number of amides is 1. The van der Waals surface area contributed by atoms with Gasteiger partial charge in [0.05, 0.1) is 21.0 Å². The van der Waals surface area contributed by atoms with Gasteiger partial charge in [-0.15, -0.1) is 11.3 Å². The van der Waals surface area contributed by atoms with E-state index < -0.39 is 0 Å². The van der Waals surface area contributed by atoms with Crippen LogP contribution in [-0.4, -0.2) is 12.5 Å². The number of para-hydroxylation sites is 2. The van der Waals surface area contributed by atoms with Gasteiger partial charge in [-0.25, -0.2) is 0 Å². The van der Waals surface area contributed by atoms with Crippen molar-refractivity contribution >= 4 is 54.8 Å². The Bertz CT molecular complexity index is 579. The molecular formula is C13H11Br2NO2S. The third-order valence-corrected chi connectivity index (χ3v) is 5.56. The molecule has 1 amide bonds. The van der Waals surface area contributed by atoms with Crippen molar-refractivity contribution < 1.29 is 9.53 Å². The van der Waals surface area contributed by atoms with Crippen LogP contribution >= 0.6 is 43.2 Å². The number of thiophene rings is 1. The van der Waals surface area contributed by atoms with Gasteiger partial charge in [-0.3, -0.25) is 4.79 Å². The van der Waals surface area contributed by atoms with Crippen LogP contribution in [0.4, 0.5) is 5.69 Å². The van der Waals surface area contributed by atoms with E-state index in [1.165, 1.54) is 11.3 Å². The number of carbonyl (C=O) groups is 1. The minimum absolute atomic E-state index is 0.149. The Labute approximate surface area is 132 Å². The molecule has 0 fully saturated rings. The first-order chi connectivity index (χ1) is 9.11. The molecule has 1 N–H and O–H groups in total. The molecule has 0 spiro atoms. The summed E-state index contributed by atoms with van der Waals surface area (Å²) in [5.41, 5.74) is 0.676. The highest BCUT2D eigenvalue weighted by Gasteiger charge is 2.13. The molecule has 0 aliphatic heterocycles. The number of nitrogens with one attached hydrogen (secondary N) is 1. The fourth-order valence-corrected chi connectivity index (χ4v) is 3.42. The third kappa shape index (κ3) is 3.58. The molecule has 0 bridgehead atoms. The SMILES string of the molecule is CCOc1ccccc1NC(=O)c1cc(Br)c(Br)s1. The van der Waals surface area contributed by atoms with Crippen LogP contribution < -0.4 is 10.1 Å². The summed E-state index contributed by atoms with van der Waals surface area (Å²) < 4.78 is 7.25. The summed E-state index contributed by atoms with van der Waals surface area (Å²) in [7, 11) is 0. The first kappa shape index (κ1) is 14.6. The predicted molar refractivity (Wildman–Crippen MR) is 85.3 cm³/mol. The summed E-state index contributed by atoms with van der Waals surface area (Å²) in [5.74, 6) is 0.525. The van der Waals surface area contributed by atoms with Crippen molar-refractivity contribution in [1.82, 2.24) is 0 Å². The second-order valence-electron chi connectivity index (χ2n) is 3.62. The number of ether oxygens (including phenoxy) is 1. The highest BCUT2D eigenvalue weighted by molar-refractivity contribution is 9.13. The zero-order chi connectivity index (χ0) is 13.8. The first-order valence-corrected chi connectivity index (χ1v) is 8.00. The lowest BCUT2D eigenvalue weighted by atomic mass is 10.3. The van der Waals surface area contributed by atoms with Crippen LogP contribution in [0.2, 0.25) is 0 Å². The Balaban J connectivity index is 2.19. The predicted octanol–water partition coefficient (Wildman–Crippen LogP) is 4.92. The van der Waals surface area contributed by atoms with Crippen LogP contribution in [0.15, 0.2) is 38.6 Å². The average Bonchev–Trinajstić information content (AvgIpc) is 2.72. The first-order valence-electron chi connectivity index (χ1n) is 5.59. The van der Waals surface area contributed by atoms with Crippen molar-refractivity contribution in [3.05, 3.63) is 43.5 Å². The minimum Gasteiger partial charge on any atom is -0.492 e. The van der Waals surface area contributed by atoms with E-state index in [2.05, 4.69) is 37.2 Å². The van der Waals surface area contributed by atoms with Crippen LogP contribution in [0.25, 0.3) is 0 Å². The van der Waals surface area contributed by atoms with Gasteiger partial charge in [0, 0.05) is 4.47 Å². The zero-order valence-corrected chi connectivity index (χ0v) is 14.1. The van der Waals surface area contributed by atoms with Crippen LogP contribution in [-0.2, 0) is 0 Å². The second kappa shape index (κ2) is 6.54. The molecule has 0 aliphatic carbocycles. The quantitative estimate of drug-likeness (QED) is 0.784. The summed E-state index contributed by atoms with van der Waals surface area (Å²) in [6.07, 6.45) is 0. The fraction of sp³-hybridized carbons (Fsp3) is 0.154. The molecule has 2 aromatic rings. The molecule has 0 atom stereocenters. The maximum atomic E-state index is 12.1. The molecule has 3 nitrogen and oxygen atoms in total. The molecule has 1 aromatic carbocycles. The number of carbonyl (C=O) groups excluding carboxylic acids is 1. The third-order valence-electron chi connectivity index (χ3n) is 2.30. The molecule has 19 heavy (non-hydrogen) atoms. The number of rotatable bonds is 4. The van der Waals surface area contributed by atoms with Crippen LogP contribution in [0.5, 0.6) is 5.75 Å². The topological polar surface area (TPSA) is 38.3 Å². The Morgan fingerprint density at radius 2 is 2.11 bits per heavy atom. The van der Waals surface area contributed by atoms with E-state index in [0.29, 0.717) is 22.9 Å². The van der Waals surface area contributed by atoms with Crippen molar-refractivity contribution in [3.63, 3.8) is 0 Å². The zero-order valence-electron chi connectivity index (χ0n) is 10.1. The van der Waals surface area contributed by atoms with E-state index in [9.17, 15) is 4.79 Å². The van der Waals surface area contributed by atoms with Gasteiger partial charge < -0.3 is 10.1 Å². The smallest absolute Gasteiger partial charge is 0.265 e. The highest BCUT2D eigenvalue weighted by Crippen LogP contribution is 2.33. The number of hydrogen-bond donors (Lipinski definition) is 1. The molecule has 2 rings (SSSR count). The Morgan fingerprint density at radius 1 is 1.37 bits per heavy atom. The molecule has 100 valence electrons. The summed E-state index contributed by atoms with van der Waals surface area (Å²) in [5, 5.41) is 2.86. The van der Waals surface area contributed by atoms with Crippen molar-refractivity contribution in [2.24, 2.45) is 0 Å². The van der Waals surface area contributed by atoms with Gasteiger partial charge in [-0.1, -0.05) is 12.1 Å². The Hall–Kier alpha value is -0.850. The van der Waals surface area contributed by atoms with Crippen LogP contribution in [0.3, 0.4) is 0 Å². The number of benzene rings is 1. The molecule has 0 unspecified atom stereocenters. The van der Waals surface area contributed by atoms with Gasteiger partial charge in [0.25, 0.3) is 5.91 Å². The lowest BCUT2D eigenvalue weighted by molar-refractivity contribution is 0.103. The van der Waals surface area contributed by atoms with Crippen molar-refractivity contribution in [1.29, 1.82) is 0 Å². The van der Waals surface area contributed by atoms with E-state index in [1.54, 1.807) is 6.07 Å². The molecular weight excluding hydrogens is 394 g/mol. The van der Waals surface area contributed by atoms with Crippen molar-refractivity contribution in [2.45, 2.75) is 6.92 Å². The lowest BCUT2D eigenvalue weighted by Gasteiger charge is -2.10. The maximum Gasteiger partial charge on any atom is 0.265 e. The summed E-state index contributed by atoms with van der Waals surface area (Å²) in [6, 6.07) is 9.17. The molecule has 0 saturated carbocycles. The van der Waals surface area contributed by atoms with Gasteiger partial charge in [0.15, 0.2) is 0 Å². The van der Waals surface area contributed by atoms with E-state index >= 15 is 0 Å². The van der Waals surface area contributed by atoms with Gasteiger partial charge in [-0.05, 0) is 57.0 Å². The minimum atomic E-state index is -0.149. The van der Waals surface area contributed by atoms with E-state index in [0.717, 1.165) is 8.26 Å². The normalized spacial score (nSPS) is 10.3.